The molecular formula is C14H19N3. The number of nitrogens with one attached hydrogen (secondary N) is 1. The average Bonchev–Trinajstić information content (AvgIpc) is 2.37. The van der Waals surface area contributed by atoms with E-state index in [9.17, 15) is 0 Å². The fraction of sp³-hybridized carbons (Fsp3) is 0.214. The zero-order valence-electron chi connectivity index (χ0n) is 10.6. The summed E-state index contributed by atoms with van der Waals surface area (Å²) in [5, 5.41) is 3.23. The molecular weight excluding hydrogens is 210 g/mol. The first-order valence-electron chi connectivity index (χ1n) is 5.79. The highest BCUT2D eigenvalue weighted by Gasteiger charge is 1.97. The van der Waals surface area contributed by atoms with Gasteiger partial charge in [0.25, 0.3) is 0 Å². The largest absolute Gasteiger partial charge is 0.396 e. The second-order valence-corrected chi connectivity index (χ2v) is 3.45. The predicted octanol–water partition coefficient (Wildman–Crippen LogP) is 3.74. The second kappa shape index (κ2) is 6.53. The van der Waals surface area contributed by atoms with E-state index in [4.69, 9.17) is 5.73 Å². The van der Waals surface area contributed by atoms with Crippen LogP contribution in [0.15, 0.2) is 42.7 Å². The van der Waals surface area contributed by atoms with E-state index in [1.165, 1.54) is 5.56 Å². The summed E-state index contributed by atoms with van der Waals surface area (Å²) < 4.78 is 0. The Morgan fingerprint density at radius 3 is 2.29 bits per heavy atom. The quantitative estimate of drug-likeness (QED) is 0.824. The first kappa shape index (κ1) is 13.0. The van der Waals surface area contributed by atoms with Gasteiger partial charge >= 0.3 is 0 Å². The van der Waals surface area contributed by atoms with Crippen LogP contribution < -0.4 is 11.1 Å². The van der Waals surface area contributed by atoms with Crippen LogP contribution in [0.3, 0.4) is 0 Å². The maximum atomic E-state index is 5.77. The van der Waals surface area contributed by atoms with Crippen molar-refractivity contribution in [3.05, 3.63) is 48.3 Å². The van der Waals surface area contributed by atoms with Crippen LogP contribution in [0, 0.1) is 6.92 Å². The van der Waals surface area contributed by atoms with Crippen LogP contribution in [0.5, 0.6) is 0 Å². The van der Waals surface area contributed by atoms with Crippen LogP contribution in [0.4, 0.5) is 17.1 Å². The van der Waals surface area contributed by atoms with Gasteiger partial charge in [-0.3, -0.25) is 4.98 Å². The van der Waals surface area contributed by atoms with Gasteiger partial charge in [0.1, 0.15) is 0 Å². The van der Waals surface area contributed by atoms with Crippen molar-refractivity contribution in [2.24, 2.45) is 0 Å². The lowest BCUT2D eigenvalue weighted by Crippen LogP contribution is -1.96. The van der Waals surface area contributed by atoms with Gasteiger partial charge in [0.05, 0.1) is 17.6 Å². The lowest BCUT2D eigenvalue weighted by molar-refractivity contribution is 1.33. The molecule has 1 heterocycles. The van der Waals surface area contributed by atoms with E-state index in [1.807, 2.05) is 32.0 Å². The Morgan fingerprint density at radius 1 is 1.06 bits per heavy atom. The van der Waals surface area contributed by atoms with Crippen LogP contribution in [0.1, 0.15) is 19.4 Å². The number of hydrogen-bond acceptors (Lipinski definition) is 3. The van der Waals surface area contributed by atoms with E-state index in [2.05, 4.69) is 29.4 Å². The van der Waals surface area contributed by atoms with Gasteiger partial charge in [0, 0.05) is 11.9 Å². The lowest BCUT2D eigenvalue weighted by Gasteiger charge is -2.08. The fourth-order valence-electron chi connectivity index (χ4n) is 1.31. The minimum absolute atomic E-state index is 0.651. The number of aromatic nitrogens is 1. The second-order valence-electron chi connectivity index (χ2n) is 3.45. The molecule has 2 aromatic rings. The number of benzene rings is 1. The fourth-order valence-corrected chi connectivity index (χ4v) is 1.31. The zero-order valence-corrected chi connectivity index (χ0v) is 10.6. The number of pyridine rings is 1. The lowest BCUT2D eigenvalue weighted by atomic mass is 10.2. The van der Waals surface area contributed by atoms with Crippen molar-refractivity contribution in [3.8, 4) is 0 Å². The molecule has 3 N–H and O–H groups in total. The Bertz CT molecular complexity index is 449. The van der Waals surface area contributed by atoms with Crippen LogP contribution in [-0.2, 0) is 0 Å². The maximum absolute atomic E-state index is 5.77. The summed E-state index contributed by atoms with van der Waals surface area (Å²) in [5.41, 5.74) is 9.57. The van der Waals surface area contributed by atoms with Crippen LogP contribution in [0.25, 0.3) is 0 Å². The molecule has 3 nitrogen and oxygen atoms in total. The van der Waals surface area contributed by atoms with Gasteiger partial charge < -0.3 is 11.1 Å². The van der Waals surface area contributed by atoms with Gasteiger partial charge in [-0.15, -0.1) is 0 Å². The summed E-state index contributed by atoms with van der Waals surface area (Å²) in [6, 6.07) is 10.0. The van der Waals surface area contributed by atoms with Crippen LogP contribution in [-0.4, -0.2) is 4.98 Å². The number of nitrogens with zero attached hydrogens (tertiary/aromatic N) is 1. The Hall–Kier alpha value is -2.03. The van der Waals surface area contributed by atoms with Crippen molar-refractivity contribution in [2.75, 3.05) is 11.1 Å². The molecule has 0 aliphatic carbocycles. The molecule has 0 unspecified atom stereocenters. The van der Waals surface area contributed by atoms with Crippen molar-refractivity contribution < 1.29 is 0 Å². The van der Waals surface area contributed by atoms with Crippen LogP contribution in [0.2, 0.25) is 0 Å². The summed E-state index contributed by atoms with van der Waals surface area (Å²) in [4.78, 5) is 3.94. The number of hydrogen-bond donors (Lipinski definition) is 2. The van der Waals surface area contributed by atoms with Crippen LogP contribution >= 0.6 is 0 Å². The zero-order chi connectivity index (χ0) is 12.7. The molecule has 1 aromatic carbocycles. The molecule has 3 heteroatoms. The van der Waals surface area contributed by atoms with E-state index >= 15 is 0 Å². The summed E-state index contributed by atoms with van der Waals surface area (Å²) in [6.07, 6.45) is 3.35. The Labute approximate surface area is 103 Å². The molecule has 1 aromatic heterocycles. The summed E-state index contributed by atoms with van der Waals surface area (Å²) in [7, 11) is 0. The number of nitrogen functional groups attached to an aromatic ring is 1. The molecule has 0 bridgehead atoms. The minimum atomic E-state index is 0.651. The Balaban J connectivity index is 0.000000686. The topological polar surface area (TPSA) is 50.9 Å². The normalized spacial score (nSPS) is 9.12. The molecule has 0 fully saturated rings. The number of nitrogens with two attached hydrogens (primary N) is 1. The monoisotopic (exact) mass is 229 g/mol. The third kappa shape index (κ3) is 3.79. The molecule has 17 heavy (non-hydrogen) atoms. The van der Waals surface area contributed by atoms with Gasteiger partial charge in [-0.25, -0.2) is 0 Å². The SMILES string of the molecule is CC.Cc1ccc(Nc2ccncc2N)cc1. The Morgan fingerprint density at radius 2 is 1.71 bits per heavy atom. The van der Waals surface area contributed by atoms with Crippen molar-refractivity contribution >= 4 is 17.1 Å². The highest BCUT2D eigenvalue weighted by molar-refractivity contribution is 5.71. The number of anilines is 3. The van der Waals surface area contributed by atoms with Gasteiger partial charge in [0.2, 0.25) is 0 Å². The minimum Gasteiger partial charge on any atom is -0.396 e. The first-order valence-corrected chi connectivity index (χ1v) is 5.79. The first-order chi connectivity index (χ1) is 8.25. The molecule has 0 saturated heterocycles. The van der Waals surface area contributed by atoms with Crippen molar-refractivity contribution in [1.82, 2.24) is 4.98 Å². The molecule has 0 aliphatic heterocycles. The van der Waals surface area contributed by atoms with Gasteiger partial charge in [0.15, 0.2) is 0 Å². The highest BCUT2D eigenvalue weighted by atomic mass is 14.9. The van der Waals surface area contributed by atoms with Crippen molar-refractivity contribution in [2.45, 2.75) is 20.8 Å². The molecule has 0 radical (unpaired) electrons. The number of rotatable bonds is 2. The van der Waals surface area contributed by atoms with Gasteiger partial charge in [-0.05, 0) is 25.1 Å². The smallest absolute Gasteiger partial charge is 0.0739 e. The van der Waals surface area contributed by atoms with E-state index in [0.29, 0.717) is 5.69 Å². The number of aryl methyl sites for hydroxylation is 1. The van der Waals surface area contributed by atoms with E-state index in [-0.39, 0.29) is 0 Å². The molecule has 90 valence electrons. The van der Waals surface area contributed by atoms with Crippen molar-refractivity contribution in [3.63, 3.8) is 0 Å². The standard InChI is InChI=1S/C12H13N3.C2H6/c1-9-2-4-10(5-3-9)15-12-6-7-14-8-11(12)13;1-2/h2-8H,13H2,1H3,(H,14,15);1-2H3. The molecule has 0 amide bonds. The molecule has 2 rings (SSSR count). The average molecular weight is 229 g/mol. The molecule has 0 spiro atoms. The van der Waals surface area contributed by atoms with Crippen molar-refractivity contribution in [1.29, 1.82) is 0 Å². The van der Waals surface area contributed by atoms with Gasteiger partial charge in [-0.2, -0.15) is 0 Å². The molecule has 0 aliphatic rings. The Kier molecular flexibility index (Phi) is 5.01. The predicted molar refractivity (Wildman–Crippen MR) is 74.5 cm³/mol. The third-order valence-corrected chi connectivity index (χ3v) is 2.18. The molecule has 0 atom stereocenters. The third-order valence-electron chi connectivity index (χ3n) is 2.18. The highest BCUT2D eigenvalue weighted by Crippen LogP contribution is 2.21. The summed E-state index contributed by atoms with van der Waals surface area (Å²) in [5.74, 6) is 0. The molecule has 0 saturated carbocycles. The van der Waals surface area contributed by atoms with E-state index < -0.39 is 0 Å². The maximum Gasteiger partial charge on any atom is 0.0739 e. The van der Waals surface area contributed by atoms with E-state index in [1.54, 1.807) is 12.4 Å². The summed E-state index contributed by atoms with van der Waals surface area (Å²) in [6.45, 7) is 6.06. The van der Waals surface area contributed by atoms with Gasteiger partial charge in [-0.1, -0.05) is 31.5 Å². The summed E-state index contributed by atoms with van der Waals surface area (Å²) >= 11 is 0. The van der Waals surface area contributed by atoms with E-state index in [0.717, 1.165) is 11.4 Å².